The van der Waals surface area contributed by atoms with Crippen molar-refractivity contribution >= 4 is 89.5 Å². The van der Waals surface area contributed by atoms with Gasteiger partial charge in [0.15, 0.2) is 73.8 Å². The topological polar surface area (TPSA) is 453 Å². The van der Waals surface area contributed by atoms with Gasteiger partial charge in [-0.05, 0) is 0 Å². The summed E-state index contributed by atoms with van der Waals surface area (Å²) in [5, 5.41) is 2.52. The van der Waals surface area contributed by atoms with Crippen molar-refractivity contribution in [3.8, 4) is 0 Å². The SMILES string of the molecule is CC(=O)N[C@H]1[C@H](O[C@@H]2[C@H](OC(C)=O)[C@@H](OC(C)=O)[C@H](O[C@@H]([C@H](OC(C)=O)[C@H](COC(C)=O)OC(C)=O)[C@@H](COC(C)=O)OC(C)=O)O[C@@H]2COC(C)=O)O[C@H](COC(C)=O)[C@H](OC(C)=O)[C@@H]1O[C@@H]1O[C@H](COC(C)=O)[C@H](OC(C)=O)[C@H](OC(C)=O)[C@H]1OC(C)=O. The van der Waals surface area contributed by atoms with E-state index in [1.54, 1.807) is 0 Å². The van der Waals surface area contributed by atoms with Crippen molar-refractivity contribution in [1.29, 1.82) is 0 Å². The zero-order valence-electron chi connectivity index (χ0n) is 51.8. The van der Waals surface area contributed by atoms with Crippen LogP contribution in [0.3, 0.4) is 0 Å². The smallest absolute Gasteiger partial charge is 0.303 e. The lowest BCUT2D eigenvalue weighted by Gasteiger charge is -2.51. The number of hydrogen-bond acceptors (Lipinski definition) is 35. The molecule has 0 saturated carbocycles. The fraction of sp³-hybridized carbons (Fsp3) is 0.722. The van der Waals surface area contributed by atoms with Gasteiger partial charge in [-0.1, -0.05) is 0 Å². The van der Waals surface area contributed by atoms with Crippen LogP contribution in [-0.2, 0) is 167 Å². The second kappa shape index (κ2) is 35.9. The first-order chi connectivity index (χ1) is 42.0. The molecule has 506 valence electrons. The highest BCUT2D eigenvalue weighted by Gasteiger charge is 2.60. The third kappa shape index (κ3) is 25.0. The molecule has 19 atom stereocenters. The normalized spacial score (nSPS) is 27.4. The molecule has 3 saturated heterocycles. The molecule has 0 bridgehead atoms. The Hall–Kier alpha value is -8.19. The van der Waals surface area contributed by atoms with Crippen LogP contribution in [0.25, 0.3) is 0 Å². The molecule has 0 aromatic carbocycles. The van der Waals surface area contributed by atoms with Crippen molar-refractivity contribution in [3.05, 3.63) is 0 Å². The Bertz CT molecular complexity index is 2610. The van der Waals surface area contributed by atoms with Crippen molar-refractivity contribution in [3.63, 3.8) is 0 Å². The number of rotatable bonds is 29. The summed E-state index contributed by atoms with van der Waals surface area (Å²) in [7, 11) is 0. The van der Waals surface area contributed by atoms with Crippen LogP contribution in [-0.4, -0.2) is 239 Å². The fourth-order valence-corrected chi connectivity index (χ4v) is 9.27. The molecular formula is C54H75NO35. The van der Waals surface area contributed by atoms with Crippen LogP contribution >= 0.6 is 0 Å². The lowest BCUT2D eigenvalue weighted by Crippen LogP contribution is -2.71. The molecule has 36 heteroatoms. The molecule has 90 heavy (non-hydrogen) atoms. The van der Waals surface area contributed by atoms with E-state index in [1.807, 2.05) is 0 Å². The predicted octanol–water partition coefficient (Wildman–Crippen LogP) is -1.98. The molecule has 0 unspecified atom stereocenters. The number of hydrogen-bond donors (Lipinski definition) is 1. The van der Waals surface area contributed by atoms with E-state index in [0.29, 0.717) is 0 Å². The Morgan fingerprint density at radius 1 is 0.311 bits per heavy atom. The quantitative estimate of drug-likeness (QED) is 0.0626. The van der Waals surface area contributed by atoms with E-state index in [4.69, 9.17) is 94.7 Å². The second-order valence-electron chi connectivity index (χ2n) is 20.0. The molecule has 3 rings (SSSR count). The van der Waals surface area contributed by atoms with Crippen molar-refractivity contribution in [1.82, 2.24) is 5.32 Å². The number of ether oxygens (including phenoxy) is 20. The van der Waals surface area contributed by atoms with Gasteiger partial charge in [-0.2, -0.15) is 0 Å². The van der Waals surface area contributed by atoms with E-state index in [1.165, 1.54) is 0 Å². The molecule has 0 radical (unpaired) electrons. The number of amides is 1. The van der Waals surface area contributed by atoms with Gasteiger partial charge in [0.1, 0.15) is 75.7 Å². The van der Waals surface area contributed by atoms with Crippen LogP contribution in [0.15, 0.2) is 0 Å². The van der Waals surface area contributed by atoms with Gasteiger partial charge in [0.05, 0.1) is 0 Å². The largest absolute Gasteiger partial charge is 0.463 e. The maximum absolute atomic E-state index is 13.5. The summed E-state index contributed by atoms with van der Waals surface area (Å²) in [5.41, 5.74) is 0. The maximum Gasteiger partial charge on any atom is 0.303 e. The Kier molecular flexibility index (Phi) is 30.3. The highest BCUT2D eigenvalue weighted by molar-refractivity contribution is 5.74. The van der Waals surface area contributed by atoms with Gasteiger partial charge in [-0.15, -0.1) is 0 Å². The minimum Gasteiger partial charge on any atom is -0.463 e. The first-order valence-electron chi connectivity index (χ1n) is 27.4. The molecule has 1 amide bonds. The Morgan fingerprint density at radius 3 is 1.00 bits per heavy atom. The first-order valence-corrected chi connectivity index (χ1v) is 27.4. The van der Waals surface area contributed by atoms with Gasteiger partial charge >= 0.3 is 83.6 Å². The van der Waals surface area contributed by atoms with Crippen LogP contribution in [0.5, 0.6) is 0 Å². The van der Waals surface area contributed by atoms with E-state index < -0.39 is 239 Å². The monoisotopic (exact) mass is 1300 g/mol. The van der Waals surface area contributed by atoms with Crippen molar-refractivity contribution in [2.75, 3.05) is 33.0 Å². The molecule has 0 spiro atoms. The van der Waals surface area contributed by atoms with Crippen molar-refractivity contribution in [2.45, 2.75) is 220 Å². The van der Waals surface area contributed by atoms with E-state index in [-0.39, 0.29) is 0 Å². The van der Waals surface area contributed by atoms with Gasteiger partial charge in [-0.3, -0.25) is 71.9 Å². The second-order valence-corrected chi connectivity index (χ2v) is 20.0. The van der Waals surface area contributed by atoms with E-state index in [2.05, 4.69) is 5.32 Å². The van der Waals surface area contributed by atoms with Crippen LogP contribution in [0.1, 0.15) is 104 Å². The zero-order chi connectivity index (χ0) is 68.0. The standard InChI is InChI=1S/C54H75NO35/c1-21(56)55-41-47(90-54-50(83-34(14)69)48(81-32(12)67)45(80-31(11)66)39(86-54)19-74-25(5)60)44(79-30(10)65)38(18-73-24(4)59)85-52(41)88-46-40(20-75-26(6)61)87-53(51(84-35(15)70)49(46)82-33(13)68)89-43(37(77-28(8)63)17-72-23(3)58)42(78-29(9)64)36(76-27(7)62)16-71-22(2)57/h36-54H,16-20H2,1-15H3,(H,55,56)/t36-,37+,38+,39+,40+,41+,42+,43+,44-,45-,46-,47+,48-,49-,50+,51+,52-,53-,54-/m0/s1. The van der Waals surface area contributed by atoms with E-state index in [9.17, 15) is 71.9 Å². The average molecular weight is 1300 g/mol. The lowest BCUT2D eigenvalue weighted by molar-refractivity contribution is -0.372. The highest BCUT2D eigenvalue weighted by Crippen LogP contribution is 2.39. The van der Waals surface area contributed by atoms with Crippen LogP contribution in [0.2, 0.25) is 0 Å². The molecule has 3 fully saturated rings. The van der Waals surface area contributed by atoms with Gasteiger partial charge in [0, 0.05) is 104 Å². The fourth-order valence-electron chi connectivity index (χ4n) is 9.27. The van der Waals surface area contributed by atoms with Crippen LogP contribution < -0.4 is 5.32 Å². The molecule has 0 aromatic heterocycles. The summed E-state index contributed by atoms with van der Waals surface area (Å²) in [5.74, 6) is -15.8. The molecular weight excluding hydrogens is 1220 g/mol. The minimum atomic E-state index is -2.31. The molecule has 3 heterocycles. The van der Waals surface area contributed by atoms with Crippen LogP contribution in [0.4, 0.5) is 0 Å². The summed E-state index contributed by atoms with van der Waals surface area (Å²) in [6.45, 7) is 9.32. The molecule has 0 aliphatic carbocycles. The van der Waals surface area contributed by atoms with Crippen LogP contribution in [0, 0.1) is 0 Å². The summed E-state index contributed by atoms with van der Waals surface area (Å²) < 4.78 is 115. The number of carbonyl (C=O) groups excluding carboxylic acids is 15. The number of esters is 14. The first kappa shape index (κ1) is 76.1. The third-order valence-electron chi connectivity index (χ3n) is 12.1. The third-order valence-corrected chi connectivity index (χ3v) is 12.1. The Labute approximate surface area is 513 Å². The van der Waals surface area contributed by atoms with E-state index in [0.717, 1.165) is 104 Å². The highest BCUT2D eigenvalue weighted by atomic mass is 16.8. The molecule has 1 N–H and O–H groups in total. The van der Waals surface area contributed by atoms with Crippen molar-refractivity contribution in [2.24, 2.45) is 0 Å². The minimum absolute atomic E-state index is 0.783. The van der Waals surface area contributed by atoms with Gasteiger partial charge in [0.2, 0.25) is 5.91 Å². The van der Waals surface area contributed by atoms with Gasteiger partial charge < -0.3 is 100 Å². The van der Waals surface area contributed by atoms with Gasteiger partial charge in [-0.25, -0.2) is 0 Å². The molecule has 36 nitrogen and oxygen atoms in total. The maximum atomic E-state index is 13.5. The predicted molar refractivity (Wildman–Crippen MR) is 281 cm³/mol. The molecule has 0 aromatic rings. The number of carbonyl (C=O) groups is 15. The van der Waals surface area contributed by atoms with Gasteiger partial charge in [0.25, 0.3) is 0 Å². The summed E-state index contributed by atoms with van der Waals surface area (Å²) in [6.07, 6.45) is -36.4. The number of nitrogens with one attached hydrogen (secondary N) is 1. The Balaban J connectivity index is 2.54. The molecule has 3 aliphatic rings. The van der Waals surface area contributed by atoms with E-state index >= 15 is 0 Å². The lowest BCUT2D eigenvalue weighted by atomic mass is 9.93. The summed E-state index contributed by atoms with van der Waals surface area (Å²) in [4.78, 5) is 192. The zero-order valence-corrected chi connectivity index (χ0v) is 51.8. The molecule has 3 aliphatic heterocycles. The van der Waals surface area contributed by atoms with Crippen molar-refractivity contribution < 1.29 is 167 Å². The average Bonchev–Trinajstić information content (AvgIpc) is 0.774. The summed E-state index contributed by atoms with van der Waals surface area (Å²) >= 11 is 0. The Morgan fingerprint density at radius 2 is 0.622 bits per heavy atom. The summed E-state index contributed by atoms with van der Waals surface area (Å²) in [6, 6.07) is -1.98.